The van der Waals surface area contributed by atoms with Crippen LogP contribution in [0.25, 0.3) is 0 Å². The first-order valence-electron chi connectivity index (χ1n) is 5.78. The lowest BCUT2D eigenvalue weighted by atomic mass is 10.2. The Morgan fingerprint density at radius 1 is 1.47 bits per heavy atom. The van der Waals surface area contributed by atoms with Crippen molar-refractivity contribution in [3.8, 4) is 0 Å². The third-order valence-corrected chi connectivity index (χ3v) is 3.80. The molecule has 4 heteroatoms. The van der Waals surface area contributed by atoms with Crippen LogP contribution < -0.4 is 5.32 Å². The molecule has 0 saturated carbocycles. The molecule has 0 amide bonds. The maximum absolute atomic E-state index is 5.73. The van der Waals surface area contributed by atoms with Gasteiger partial charge in [0.15, 0.2) is 0 Å². The van der Waals surface area contributed by atoms with Crippen LogP contribution in [0.1, 0.15) is 20.8 Å². The van der Waals surface area contributed by atoms with Crippen LogP contribution in [-0.2, 0) is 4.74 Å². The lowest BCUT2D eigenvalue weighted by Crippen LogP contribution is -2.50. The molecule has 1 heterocycles. The molecule has 0 radical (unpaired) electrons. The average molecular weight is 279 g/mol. The predicted molar refractivity (Wildman–Crippen MR) is 67.7 cm³/mol. The third-order valence-electron chi connectivity index (χ3n) is 2.83. The first-order chi connectivity index (χ1) is 7.13. The summed E-state index contributed by atoms with van der Waals surface area (Å²) < 4.78 is 5.73. The number of alkyl halides is 1. The summed E-state index contributed by atoms with van der Waals surface area (Å²) in [5.41, 5.74) is 0. The van der Waals surface area contributed by atoms with Crippen molar-refractivity contribution in [2.24, 2.45) is 0 Å². The van der Waals surface area contributed by atoms with Crippen LogP contribution in [0, 0.1) is 0 Å². The zero-order valence-electron chi connectivity index (χ0n) is 10.0. The van der Waals surface area contributed by atoms with Crippen LogP contribution in [0.5, 0.6) is 0 Å². The first-order valence-corrected chi connectivity index (χ1v) is 6.90. The fraction of sp³-hybridized carbons (Fsp3) is 1.00. The van der Waals surface area contributed by atoms with Gasteiger partial charge in [0.2, 0.25) is 0 Å². The van der Waals surface area contributed by atoms with E-state index in [0.717, 1.165) is 31.6 Å². The van der Waals surface area contributed by atoms with E-state index >= 15 is 0 Å². The van der Waals surface area contributed by atoms with Gasteiger partial charge in [0, 0.05) is 37.0 Å². The largest absolute Gasteiger partial charge is 0.374 e. The molecular formula is C11H23BrN2O. The number of morpholine rings is 1. The van der Waals surface area contributed by atoms with Crippen molar-refractivity contribution in [2.75, 3.05) is 31.6 Å². The van der Waals surface area contributed by atoms with Crippen molar-refractivity contribution in [1.82, 2.24) is 10.2 Å². The number of hydrogen-bond donors (Lipinski definition) is 1. The van der Waals surface area contributed by atoms with Crippen LogP contribution in [0.3, 0.4) is 0 Å². The summed E-state index contributed by atoms with van der Waals surface area (Å²) in [7, 11) is 0. The van der Waals surface area contributed by atoms with Crippen molar-refractivity contribution >= 4 is 15.9 Å². The van der Waals surface area contributed by atoms with Gasteiger partial charge in [0.1, 0.15) is 0 Å². The summed E-state index contributed by atoms with van der Waals surface area (Å²) in [4.78, 5) is 2.48. The van der Waals surface area contributed by atoms with Gasteiger partial charge in [-0.15, -0.1) is 0 Å². The maximum Gasteiger partial charge on any atom is 0.0826 e. The molecule has 3 nitrogen and oxygen atoms in total. The molecule has 0 spiro atoms. The summed E-state index contributed by atoms with van der Waals surface area (Å²) >= 11 is 3.46. The topological polar surface area (TPSA) is 24.5 Å². The minimum absolute atomic E-state index is 0.350. The van der Waals surface area contributed by atoms with E-state index in [2.05, 4.69) is 46.9 Å². The normalized spacial score (nSPS) is 25.8. The van der Waals surface area contributed by atoms with Gasteiger partial charge >= 0.3 is 0 Å². The molecule has 1 rings (SSSR count). The zero-order chi connectivity index (χ0) is 11.3. The Balaban J connectivity index is 2.24. The lowest BCUT2D eigenvalue weighted by molar-refractivity contribution is -0.0377. The van der Waals surface area contributed by atoms with Gasteiger partial charge in [-0.1, -0.05) is 15.9 Å². The highest BCUT2D eigenvalue weighted by atomic mass is 79.9. The van der Waals surface area contributed by atoms with Crippen molar-refractivity contribution < 1.29 is 4.74 Å². The number of halogens is 1. The fourth-order valence-corrected chi connectivity index (χ4v) is 1.95. The van der Waals surface area contributed by atoms with E-state index in [0.29, 0.717) is 18.2 Å². The van der Waals surface area contributed by atoms with Gasteiger partial charge in [0.05, 0.1) is 12.7 Å². The highest BCUT2D eigenvalue weighted by Crippen LogP contribution is 2.08. The molecule has 0 aromatic heterocycles. The van der Waals surface area contributed by atoms with Crippen molar-refractivity contribution in [1.29, 1.82) is 0 Å². The molecule has 0 aromatic carbocycles. The van der Waals surface area contributed by atoms with Crippen molar-refractivity contribution in [2.45, 2.75) is 39.0 Å². The Kier molecular flexibility index (Phi) is 6.12. The van der Waals surface area contributed by atoms with Gasteiger partial charge in [-0.3, -0.25) is 4.90 Å². The smallest absolute Gasteiger partial charge is 0.0826 e. The fourth-order valence-electron chi connectivity index (χ4n) is 1.72. The standard InChI is InChI=1S/C11H23BrN2O/c1-9(2)14-4-5-15-11(8-14)7-13-10(3)6-12/h9-11,13H,4-8H2,1-3H3. The SMILES string of the molecule is CC(CBr)NCC1CN(C(C)C)CCO1. The second kappa shape index (κ2) is 6.84. The molecule has 0 aliphatic carbocycles. The van der Waals surface area contributed by atoms with Crippen molar-refractivity contribution in [3.05, 3.63) is 0 Å². The Morgan fingerprint density at radius 3 is 2.80 bits per heavy atom. The Hall–Kier alpha value is 0.360. The van der Waals surface area contributed by atoms with E-state index in [1.54, 1.807) is 0 Å². The van der Waals surface area contributed by atoms with Crippen LogP contribution in [0.15, 0.2) is 0 Å². The second-order valence-corrected chi connectivity index (χ2v) is 5.19. The van der Waals surface area contributed by atoms with Gasteiger partial charge in [-0.25, -0.2) is 0 Å². The van der Waals surface area contributed by atoms with E-state index in [4.69, 9.17) is 4.74 Å². The van der Waals surface area contributed by atoms with E-state index in [1.807, 2.05) is 0 Å². The molecule has 90 valence electrons. The second-order valence-electron chi connectivity index (χ2n) is 4.55. The molecule has 1 aliphatic rings. The van der Waals surface area contributed by atoms with Gasteiger partial charge in [-0.05, 0) is 20.8 Å². The van der Waals surface area contributed by atoms with E-state index in [9.17, 15) is 0 Å². The third kappa shape index (κ3) is 4.81. The van der Waals surface area contributed by atoms with Crippen LogP contribution >= 0.6 is 15.9 Å². The number of rotatable bonds is 5. The zero-order valence-corrected chi connectivity index (χ0v) is 11.6. The van der Waals surface area contributed by atoms with Crippen molar-refractivity contribution in [3.63, 3.8) is 0 Å². The minimum Gasteiger partial charge on any atom is -0.374 e. The molecule has 0 aromatic rings. The molecule has 1 N–H and O–H groups in total. The quantitative estimate of drug-likeness (QED) is 0.771. The van der Waals surface area contributed by atoms with Crippen LogP contribution in [0.2, 0.25) is 0 Å². The Labute approximate surface area is 102 Å². The number of ether oxygens (including phenoxy) is 1. The van der Waals surface area contributed by atoms with Crippen LogP contribution in [-0.4, -0.2) is 54.7 Å². The van der Waals surface area contributed by atoms with Gasteiger partial charge in [-0.2, -0.15) is 0 Å². The molecular weight excluding hydrogens is 256 g/mol. The number of nitrogens with one attached hydrogen (secondary N) is 1. The summed E-state index contributed by atoms with van der Waals surface area (Å²) in [6.45, 7) is 10.6. The van der Waals surface area contributed by atoms with E-state index in [-0.39, 0.29) is 0 Å². The highest BCUT2D eigenvalue weighted by Gasteiger charge is 2.22. The van der Waals surface area contributed by atoms with E-state index in [1.165, 1.54) is 0 Å². The molecule has 1 aliphatic heterocycles. The highest BCUT2D eigenvalue weighted by molar-refractivity contribution is 9.09. The van der Waals surface area contributed by atoms with Gasteiger partial charge < -0.3 is 10.1 Å². The molecule has 2 atom stereocenters. The summed E-state index contributed by atoms with van der Waals surface area (Å²) in [6, 6.07) is 1.15. The van der Waals surface area contributed by atoms with Gasteiger partial charge in [0.25, 0.3) is 0 Å². The lowest BCUT2D eigenvalue weighted by Gasteiger charge is -2.35. The number of hydrogen-bond acceptors (Lipinski definition) is 3. The summed E-state index contributed by atoms with van der Waals surface area (Å²) in [5.74, 6) is 0. The monoisotopic (exact) mass is 278 g/mol. The predicted octanol–water partition coefficient (Wildman–Crippen LogP) is 1.47. The number of nitrogens with zero attached hydrogens (tertiary/aromatic N) is 1. The Bertz CT molecular complexity index is 178. The molecule has 1 saturated heterocycles. The van der Waals surface area contributed by atoms with E-state index < -0.39 is 0 Å². The summed E-state index contributed by atoms with van der Waals surface area (Å²) in [5, 5.41) is 4.46. The van der Waals surface area contributed by atoms with Crippen LogP contribution in [0.4, 0.5) is 0 Å². The minimum atomic E-state index is 0.350. The molecule has 15 heavy (non-hydrogen) atoms. The molecule has 0 bridgehead atoms. The average Bonchev–Trinajstić information content (AvgIpc) is 2.26. The summed E-state index contributed by atoms with van der Waals surface area (Å²) in [6.07, 6.45) is 0.350. The molecule has 1 fully saturated rings. The maximum atomic E-state index is 5.73. The first kappa shape index (κ1) is 13.4. The molecule has 2 unspecified atom stereocenters. The Morgan fingerprint density at radius 2 is 2.20 bits per heavy atom.